The molecule has 112 valence electrons. The highest BCUT2D eigenvalue weighted by molar-refractivity contribution is 7.91. The summed E-state index contributed by atoms with van der Waals surface area (Å²) in [7, 11) is -3.01. The third-order valence-corrected chi connectivity index (χ3v) is 5.66. The lowest BCUT2D eigenvalue weighted by atomic mass is 10.1. The van der Waals surface area contributed by atoms with Gasteiger partial charge in [0.2, 0.25) is 0 Å². The fourth-order valence-electron chi connectivity index (χ4n) is 2.84. The number of nitrogens with zero attached hydrogens (tertiary/aromatic N) is 3. The lowest BCUT2D eigenvalue weighted by Crippen LogP contribution is -2.40. The van der Waals surface area contributed by atoms with Gasteiger partial charge < -0.3 is 4.90 Å². The largest absolute Gasteiger partial charge is 0.335 e. The zero-order valence-electron chi connectivity index (χ0n) is 11.8. The van der Waals surface area contributed by atoms with Gasteiger partial charge in [-0.15, -0.1) is 0 Å². The second kappa shape index (κ2) is 5.14. The number of pyridine rings is 1. The molecule has 2 aromatic rings. The third kappa shape index (κ3) is 2.53. The van der Waals surface area contributed by atoms with E-state index in [1.807, 2.05) is 25.1 Å². The van der Waals surface area contributed by atoms with Gasteiger partial charge in [-0.2, -0.15) is 5.10 Å². The van der Waals surface area contributed by atoms with Crippen LogP contribution < -0.4 is 0 Å². The molecule has 0 saturated carbocycles. The number of sulfone groups is 1. The van der Waals surface area contributed by atoms with Crippen molar-refractivity contribution in [1.82, 2.24) is 14.5 Å². The smallest absolute Gasteiger partial charge is 0.257 e. The fourth-order valence-corrected chi connectivity index (χ4v) is 4.57. The van der Waals surface area contributed by atoms with Crippen LogP contribution in [-0.2, 0) is 9.84 Å². The first-order chi connectivity index (χ1) is 10.0. The molecule has 3 heterocycles. The Labute approximate surface area is 123 Å². The monoisotopic (exact) mass is 307 g/mol. The molecule has 0 aromatic carbocycles. The van der Waals surface area contributed by atoms with Gasteiger partial charge in [-0.25, -0.2) is 12.9 Å². The van der Waals surface area contributed by atoms with Gasteiger partial charge in [0.1, 0.15) is 0 Å². The molecule has 0 N–H and O–H groups in total. The Kier molecular flexibility index (Phi) is 3.44. The normalized spacial score (nSPS) is 20.7. The summed E-state index contributed by atoms with van der Waals surface area (Å²) in [5, 5.41) is 4.16. The maximum Gasteiger partial charge on any atom is 0.257 e. The Morgan fingerprint density at radius 2 is 2.29 bits per heavy atom. The van der Waals surface area contributed by atoms with E-state index in [-0.39, 0.29) is 23.5 Å². The number of amides is 1. The fraction of sp³-hybridized carbons (Fsp3) is 0.429. The first-order valence-electron chi connectivity index (χ1n) is 6.95. The maximum absolute atomic E-state index is 12.7. The average Bonchev–Trinajstić information content (AvgIpc) is 3.03. The number of rotatable bonds is 3. The third-order valence-electron chi connectivity index (χ3n) is 3.91. The lowest BCUT2D eigenvalue weighted by molar-refractivity contribution is 0.0710. The van der Waals surface area contributed by atoms with Crippen molar-refractivity contribution in [3.63, 3.8) is 0 Å². The van der Waals surface area contributed by atoms with Crippen LogP contribution in [0.15, 0.2) is 30.6 Å². The van der Waals surface area contributed by atoms with Crippen molar-refractivity contribution in [2.75, 3.05) is 18.1 Å². The zero-order chi connectivity index (χ0) is 15.0. The van der Waals surface area contributed by atoms with Crippen LogP contribution >= 0.6 is 0 Å². The van der Waals surface area contributed by atoms with Crippen LogP contribution in [0.2, 0.25) is 0 Å². The summed E-state index contributed by atoms with van der Waals surface area (Å²) in [6, 6.07) is 5.30. The van der Waals surface area contributed by atoms with Gasteiger partial charge in [-0.3, -0.25) is 4.79 Å². The Bertz CT molecular complexity index is 782. The number of carbonyl (C=O) groups excluding carboxylic acids is 1. The second-order valence-electron chi connectivity index (χ2n) is 5.24. The van der Waals surface area contributed by atoms with Crippen molar-refractivity contribution in [2.45, 2.75) is 19.4 Å². The van der Waals surface area contributed by atoms with E-state index in [1.54, 1.807) is 21.8 Å². The molecule has 3 rings (SSSR count). The van der Waals surface area contributed by atoms with E-state index in [1.165, 1.54) is 0 Å². The highest BCUT2D eigenvalue weighted by Gasteiger charge is 2.34. The van der Waals surface area contributed by atoms with Crippen LogP contribution in [0.1, 0.15) is 23.7 Å². The Hall–Kier alpha value is -1.89. The van der Waals surface area contributed by atoms with Crippen LogP contribution in [0, 0.1) is 0 Å². The molecule has 0 aliphatic carbocycles. The highest BCUT2D eigenvalue weighted by atomic mass is 32.2. The topological polar surface area (TPSA) is 71.8 Å². The summed E-state index contributed by atoms with van der Waals surface area (Å²) < 4.78 is 24.9. The number of aromatic nitrogens is 2. The molecule has 2 aromatic heterocycles. The number of hydrogen-bond donors (Lipinski definition) is 0. The van der Waals surface area contributed by atoms with Crippen LogP contribution in [0.3, 0.4) is 0 Å². The molecule has 7 heteroatoms. The molecule has 0 radical (unpaired) electrons. The molecular weight excluding hydrogens is 290 g/mol. The maximum atomic E-state index is 12.7. The Morgan fingerprint density at radius 1 is 1.48 bits per heavy atom. The van der Waals surface area contributed by atoms with Crippen LogP contribution in [0.5, 0.6) is 0 Å². The van der Waals surface area contributed by atoms with Crippen molar-refractivity contribution in [1.29, 1.82) is 0 Å². The summed E-state index contributed by atoms with van der Waals surface area (Å²) in [6.45, 7) is 2.36. The predicted octanol–water partition coefficient (Wildman–Crippen LogP) is 0.984. The molecule has 1 aliphatic heterocycles. The van der Waals surface area contributed by atoms with Crippen molar-refractivity contribution in [3.05, 3.63) is 36.2 Å². The number of fused-ring (bicyclic) bond motifs is 1. The van der Waals surface area contributed by atoms with E-state index in [0.717, 1.165) is 5.52 Å². The van der Waals surface area contributed by atoms with Gasteiger partial charge in [-0.1, -0.05) is 6.07 Å². The van der Waals surface area contributed by atoms with Crippen molar-refractivity contribution < 1.29 is 13.2 Å². The minimum Gasteiger partial charge on any atom is -0.335 e. The molecule has 1 fully saturated rings. The van der Waals surface area contributed by atoms with Gasteiger partial charge in [0, 0.05) is 18.8 Å². The standard InChI is InChI=1S/C14H17N3O3S/c1-2-16(11-6-8-21(19,20)10-11)14(18)12-9-15-17-7-4-3-5-13(12)17/h3-5,7,9,11H,2,6,8,10H2,1H3/t11-/m1/s1. The van der Waals surface area contributed by atoms with Crippen LogP contribution in [-0.4, -0.2) is 52.9 Å². The molecule has 0 bridgehead atoms. The Balaban J connectivity index is 1.93. The van der Waals surface area contributed by atoms with Crippen LogP contribution in [0.4, 0.5) is 0 Å². The number of carbonyl (C=O) groups is 1. The molecular formula is C14H17N3O3S. The van der Waals surface area contributed by atoms with Gasteiger partial charge in [0.25, 0.3) is 5.91 Å². The summed E-state index contributed by atoms with van der Waals surface area (Å²) in [4.78, 5) is 14.4. The SMILES string of the molecule is CCN(C(=O)c1cnn2ccccc12)[C@@H]1CCS(=O)(=O)C1. The van der Waals surface area contributed by atoms with Crippen molar-refractivity contribution in [2.24, 2.45) is 0 Å². The van der Waals surface area contributed by atoms with Crippen molar-refractivity contribution >= 4 is 21.3 Å². The zero-order valence-corrected chi connectivity index (χ0v) is 12.6. The first kappa shape index (κ1) is 14.1. The molecule has 21 heavy (non-hydrogen) atoms. The van der Waals surface area contributed by atoms with E-state index in [0.29, 0.717) is 18.5 Å². The summed E-state index contributed by atoms with van der Waals surface area (Å²) in [5.74, 6) is 0.0722. The molecule has 0 unspecified atom stereocenters. The lowest BCUT2D eigenvalue weighted by Gasteiger charge is -2.26. The van der Waals surface area contributed by atoms with Gasteiger partial charge >= 0.3 is 0 Å². The van der Waals surface area contributed by atoms with Crippen LogP contribution in [0.25, 0.3) is 5.52 Å². The molecule has 1 aliphatic rings. The van der Waals surface area contributed by atoms with E-state index in [4.69, 9.17) is 0 Å². The summed E-state index contributed by atoms with van der Waals surface area (Å²) in [6.07, 6.45) is 3.84. The molecule has 1 saturated heterocycles. The van der Waals surface area contributed by atoms with Gasteiger partial charge in [-0.05, 0) is 25.5 Å². The highest BCUT2D eigenvalue weighted by Crippen LogP contribution is 2.21. The first-order valence-corrected chi connectivity index (χ1v) is 8.78. The molecule has 0 spiro atoms. The van der Waals surface area contributed by atoms with Crippen molar-refractivity contribution in [3.8, 4) is 0 Å². The number of hydrogen-bond acceptors (Lipinski definition) is 4. The van der Waals surface area contributed by atoms with E-state index in [9.17, 15) is 13.2 Å². The minimum absolute atomic E-state index is 0.0613. The van der Waals surface area contributed by atoms with Gasteiger partial charge in [0.05, 0.1) is 28.8 Å². The minimum atomic E-state index is -3.01. The molecule has 6 nitrogen and oxygen atoms in total. The average molecular weight is 307 g/mol. The van der Waals surface area contributed by atoms with Gasteiger partial charge in [0.15, 0.2) is 9.84 Å². The van der Waals surface area contributed by atoms with E-state index in [2.05, 4.69) is 5.10 Å². The van der Waals surface area contributed by atoms with E-state index >= 15 is 0 Å². The summed E-state index contributed by atoms with van der Waals surface area (Å²) in [5.41, 5.74) is 1.25. The molecule has 1 amide bonds. The van der Waals surface area contributed by atoms with E-state index < -0.39 is 9.84 Å². The quantitative estimate of drug-likeness (QED) is 0.847. The Morgan fingerprint density at radius 3 is 2.95 bits per heavy atom. The molecule has 1 atom stereocenters. The second-order valence-corrected chi connectivity index (χ2v) is 7.47. The predicted molar refractivity (Wildman–Crippen MR) is 79.0 cm³/mol. The summed E-state index contributed by atoms with van der Waals surface area (Å²) >= 11 is 0.